The topological polar surface area (TPSA) is 70.9 Å². The number of benzene rings is 1. The van der Waals surface area contributed by atoms with Crippen molar-refractivity contribution in [1.29, 1.82) is 0 Å². The molecule has 128 valence electrons. The van der Waals surface area contributed by atoms with E-state index in [0.717, 1.165) is 5.70 Å². The first-order chi connectivity index (χ1) is 11.4. The van der Waals surface area contributed by atoms with Crippen LogP contribution in [0, 0.1) is 0 Å². The average molecular weight is 369 g/mol. The Morgan fingerprint density at radius 3 is 2.71 bits per heavy atom. The van der Waals surface area contributed by atoms with Crippen molar-refractivity contribution in [2.24, 2.45) is 5.16 Å². The average Bonchev–Trinajstić information content (AvgIpc) is 2.52. The lowest BCUT2D eigenvalue weighted by Crippen LogP contribution is -2.29. The van der Waals surface area contributed by atoms with E-state index in [9.17, 15) is 4.79 Å². The molecule has 1 aliphatic rings. The summed E-state index contributed by atoms with van der Waals surface area (Å²) in [5, 5.41) is 16.0. The number of dihydropyridines is 1. The van der Waals surface area contributed by atoms with Crippen LogP contribution in [-0.4, -0.2) is 24.0 Å². The predicted octanol–water partition coefficient (Wildman–Crippen LogP) is 4.25. The number of halogens is 2. The Morgan fingerprint density at radius 2 is 2.08 bits per heavy atom. The Balaban J connectivity index is 2.71. The fourth-order valence-electron chi connectivity index (χ4n) is 2.79. The van der Waals surface area contributed by atoms with Gasteiger partial charge in [-0.1, -0.05) is 40.5 Å². The number of ether oxygens (including phenoxy) is 1. The maximum Gasteiger partial charge on any atom is 0.336 e. The van der Waals surface area contributed by atoms with E-state index in [1.165, 1.54) is 6.21 Å². The Hall–Kier alpha value is -1.98. The van der Waals surface area contributed by atoms with E-state index in [1.54, 1.807) is 32.0 Å². The monoisotopic (exact) mass is 368 g/mol. The molecular weight excluding hydrogens is 351 g/mol. The number of hydrogen-bond donors (Lipinski definition) is 2. The predicted molar refractivity (Wildman–Crippen MR) is 94.7 cm³/mol. The summed E-state index contributed by atoms with van der Waals surface area (Å²) < 4.78 is 5.19. The molecule has 2 N–H and O–H groups in total. The van der Waals surface area contributed by atoms with Crippen LogP contribution >= 0.6 is 23.2 Å². The molecule has 1 aromatic rings. The fraction of sp³-hybridized carbons (Fsp3) is 0.294. The first-order valence-electron chi connectivity index (χ1n) is 7.39. The molecule has 5 nitrogen and oxygen atoms in total. The van der Waals surface area contributed by atoms with Crippen LogP contribution in [0.4, 0.5) is 0 Å². The summed E-state index contributed by atoms with van der Waals surface area (Å²) in [6.45, 7) is 5.60. The summed E-state index contributed by atoms with van der Waals surface area (Å²) in [4.78, 5) is 12.5. The molecule has 0 aromatic heterocycles. The highest BCUT2D eigenvalue weighted by molar-refractivity contribution is 6.42. The molecular formula is C17H18Cl2N2O3. The van der Waals surface area contributed by atoms with Crippen molar-refractivity contribution in [3.63, 3.8) is 0 Å². The third kappa shape index (κ3) is 3.42. The number of carbonyl (C=O) groups excluding carboxylic acids is 1. The Labute approximate surface area is 150 Å². The molecule has 1 atom stereocenters. The quantitative estimate of drug-likeness (QED) is 0.360. The second-order valence-electron chi connectivity index (χ2n) is 5.29. The molecule has 0 saturated carbocycles. The number of nitrogens with one attached hydrogen (secondary N) is 1. The van der Waals surface area contributed by atoms with Crippen LogP contribution in [0.15, 0.2) is 45.9 Å². The van der Waals surface area contributed by atoms with E-state index < -0.39 is 11.9 Å². The maximum atomic E-state index is 12.5. The van der Waals surface area contributed by atoms with Gasteiger partial charge >= 0.3 is 5.97 Å². The molecule has 0 saturated heterocycles. The molecule has 1 unspecified atom stereocenters. The molecule has 1 aromatic carbocycles. The van der Waals surface area contributed by atoms with E-state index in [0.29, 0.717) is 32.5 Å². The standard InChI is InChI=1S/C17H18Cl2N2O3/c1-4-24-17(22)14-10(3)21-9(2)12(8-20-23)15(14)11-6-5-7-13(18)16(11)19/h5-8,15,21,23H,4H2,1-3H3/b20-8+. The van der Waals surface area contributed by atoms with Gasteiger partial charge < -0.3 is 15.3 Å². The molecule has 0 amide bonds. The van der Waals surface area contributed by atoms with E-state index in [2.05, 4.69) is 10.5 Å². The van der Waals surface area contributed by atoms with Gasteiger partial charge in [-0.15, -0.1) is 0 Å². The number of carbonyl (C=O) groups is 1. The molecule has 0 fully saturated rings. The SMILES string of the molecule is CCOC(=O)C1=C(C)NC(C)=C(/C=N/O)C1c1cccc(Cl)c1Cl. The Morgan fingerprint density at radius 1 is 1.38 bits per heavy atom. The van der Waals surface area contributed by atoms with Crippen molar-refractivity contribution >= 4 is 35.4 Å². The number of allylic oxidation sites excluding steroid dienone is 3. The fourth-order valence-corrected chi connectivity index (χ4v) is 3.21. The smallest absolute Gasteiger partial charge is 0.336 e. The van der Waals surface area contributed by atoms with Gasteiger partial charge in [-0.25, -0.2) is 4.79 Å². The molecule has 1 heterocycles. The van der Waals surface area contributed by atoms with Crippen LogP contribution in [0.2, 0.25) is 10.0 Å². The largest absolute Gasteiger partial charge is 0.463 e. The zero-order chi connectivity index (χ0) is 17.9. The highest BCUT2D eigenvalue weighted by atomic mass is 35.5. The maximum absolute atomic E-state index is 12.5. The van der Waals surface area contributed by atoms with Crippen LogP contribution in [0.1, 0.15) is 32.3 Å². The highest BCUT2D eigenvalue weighted by Gasteiger charge is 2.34. The van der Waals surface area contributed by atoms with Gasteiger partial charge in [0.2, 0.25) is 0 Å². The molecule has 1 aliphatic heterocycles. The number of esters is 1. The van der Waals surface area contributed by atoms with Crippen molar-refractivity contribution in [2.75, 3.05) is 6.61 Å². The van der Waals surface area contributed by atoms with E-state index in [-0.39, 0.29) is 6.61 Å². The summed E-state index contributed by atoms with van der Waals surface area (Å²) in [6, 6.07) is 5.22. The second kappa shape index (κ2) is 7.73. The third-order valence-electron chi connectivity index (χ3n) is 3.80. The molecule has 0 spiro atoms. The second-order valence-corrected chi connectivity index (χ2v) is 6.07. The lowest BCUT2D eigenvalue weighted by atomic mass is 9.81. The van der Waals surface area contributed by atoms with Crippen LogP contribution in [0.3, 0.4) is 0 Å². The zero-order valence-electron chi connectivity index (χ0n) is 13.6. The first-order valence-corrected chi connectivity index (χ1v) is 8.14. The van der Waals surface area contributed by atoms with Crippen molar-refractivity contribution in [3.05, 3.63) is 56.3 Å². The van der Waals surface area contributed by atoms with Crippen molar-refractivity contribution < 1.29 is 14.7 Å². The zero-order valence-corrected chi connectivity index (χ0v) is 15.1. The summed E-state index contributed by atoms with van der Waals surface area (Å²) in [7, 11) is 0. The molecule has 7 heteroatoms. The lowest BCUT2D eigenvalue weighted by molar-refractivity contribution is -0.138. The summed E-state index contributed by atoms with van der Waals surface area (Å²) in [5.41, 5.74) is 3.06. The van der Waals surface area contributed by atoms with Gasteiger partial charge in [0.05, 0.1) is 28.4 Å². The number of nitrogens with zero attached hydrogens (tertiary/aromatic N) is 1. The van der Waals surface area contributed by atoms with Crippen molar-refractivity contribution in [2.45, 2.75) is 26.7 Å². The molecule has 0 aliphatic carbocycles. The minimum atomic E-state index is -0.549. The first kappa shape index (κ1) is 18.4. The van der Waals surface area contributed by atoms with Gasteiger partial charge in [0, 0.05) is 22.9 Å². The summed E-state index contributed by atoms with van der Waals surface area (Å²) in [6.07, 6.45) is 1.29. The number of hydrogen-bond acceptors (Lipinski definition) is 5. The van der Waals surface area contributed by atoms with Crippen LogP contribution in [-0.2, 0) is 9.53 Å². The van der Waals surface area contributed by atoms with Crippen LogP contribution in [0.5, 0.6) is 0 Å². The van der Waals surface area contributed by atoms with E-state index >= 15 is 0 Å². The highest BCUT2D eigenvalue weighted by Crippen LogP contribution is 2.42. The molecule has 24 heavy (non-hydrogen) atoms. The normalized spacial score (nSPS) is 18.1. The molecule has 2 rings (SSSR count). The van der Waals surface area contributed by atoms with Gasteiger partial charge in [0.15, 0.2) is 0 Å². The number of oxime groups is 1. The molecule has 0 radical (unpaired) electrons. The Bertz CT molecular complexity index is 754. The summed E-state index contributed by atoms with van der Waals surface area (Å²) in [5.74, 6) is -1.01. The van der Waals surface area contributed by atoms with E-state index in [1.807, 2.05) is 6.92 Å². The molecule has 0 bridgehead atoms. The van der Waals surface area contributed by atoms with Gasteiger partial charge in [0.25, 0.3) is 0 Å². The number of rotatable bonds is 4. The van der Waals surface area contributed by atoms with Gasteiger partial charge in [-0.3, -0.25) is 0 Å². The van der Waals surface area contributed by atoms with Gasteiger partial charge in [-0.05, 0) is 32.4 Å². The third-order valence-corrected chi connectivity index (χ3v) is 4.63. The minimum Gasteiger partial charge on any atom is -0.463 e. The van der Waals surface area contributed by atoms with Crippen molar-refractivity contribution in [3.8, 4) is 0 Å². The van der Waals surface area contributed by atoms with Crippen LogP contribution in [0.25, 0.3) is 0 Å². The minimum absolute atomic E-state index is 0.248. The van der Waals surface area contributed by atoms with Gasteiger partial charge in [0.1, 0.15) is 0 Å². The Kier molecular flexibility index (Phi) is 5.91. The van der Waals surface area contributed by atoms with E-state index in [4.69, 9.17) is 33.1 Å². The summed E-state index contributed by atoms with van der Waals surface area (Å²) >= 11 is 12.5. The van der Waals surface area contributed by atoms with Crippen LogP contribution < -0.4 is 5.32 Å². The van der Waals surface area contributed by atoms with Crippen molar-refractivity contribution in [1.82, 2.24) is 5.32 Å². The van der Waals surface area contributed by atoms with Gasteiger partial charge in [-0.2, -0.15) is 0 Å². The lowest BCUT2D eigenvalue weighted by Gasteiger charge is -2.30.